The summed E-state index contributed by atoms with van der Waals surface area (Å²) in [5.41, 5.74) is 3.44. The van der Waals surface area contributed by atoms with Gasteiger partial charge in [0.05, 0.1) is 12.3 Å². The quantitative estimate of drug-likeness (QED) is 0.722. The summed E-state index contributed by atoms with van der Waals surface area (Å²) < 4.78 is 5.67. The molecule has 0 radical (unpaired) electrons. The molecule has 0 fully saturated rings. The maximum absolute atomic E-state index is 5.67. The molecule has 1 aromatic carbocycles. The average Bonchev–Trinajstić information content (AvgIpc) is 2.56. The van der Waals surface area contributed by atoms with Gasteiger partial charge in [0.25, 0.3) is 0 Å². The van der Waals surface area contributed by atoms with Crippen molar-refractivity contribution in [2.45, 2.75) is 39.3 Å². The lowest BCUT2D eigenvalue weighted by Gasteiger charge is -2.15. The Kier molecular flexibility index (Phi) is 6.76. The SMILES string of the molecule is C=CCc1cc(CN[C@@H](C)Cc2cnccn2)ccc1OCC. The lowest BCUT2D eigenvalue weighted by Crippen LogP contribution is -2.28. The van der Waals surface area contributed by atoms with E-state index in [9.17, 15) is 0 Å². The van der Waals surface area contributed by atoms with E-state index in [1.54, 1.807) is 12.4 Å². The molecular weight excluding hydrogens is 286 g/mol. The average molecular weight is 311 g/mol. The van der Waals surface area contributed by atoms with E-state index in [0.717, 1.165) is 30.8 Å². The molecule has 0 aliphatic heterocycles. The van der Waals surface area contributed by atoms with E-state index in [-0.39, 0.29) is 0 Å². The summed E-state index contributed by atoms with van der Waals surface area (Å²) in [6.07, 6.45) is 8.84. The normalized spacial score (nSPS) is 11.9. The van der Waals surface area contributed by atoms with Crippen LogP contribution in [-0.4, -0.2) is 22.6 Å². The van der Waals surface area contributed by atoms with Crippen molar-refractivity contribution in [3.63, 3.8) is 0 Å². The van der Waals surface area contributed by atoms with E-state index in [1.165, 1.54) is 11.1 Å². The molecule has 1 atom stereocenters. The highest BCUT2D eigenvalue weighted by molar-refractivity contribution is 5.38. The first-order valence-electron chi connectivity index (χ1n) is 8.06. The zero-order valence-corrected chi connectivity index (χ0v) is 14.0. The molecule has 0 unspecified atom stereocenters. The summed E-state index contributed by atoms with van der Waals surface area (Å²) >= 11 is 0. The third kappa shape index (κ3) is 5.49. The number of ether oxygens (including phenoxy) is 1. The number of hydrogen-bond donors (Lipinski definition) is 1. The maximum atomic E-state index is 5.67. The van der Waals surface area contributed by atoms with Gasteiger partial charge in [-0.15, -0.1) is 6.58 Å². The van der Waals surface area contributed by atoms with Crippen molar-refractivity contribution in [1.82, 2.24) is 15.3 Å². The Labute approximate surface area is 138 Å². The summed E-state index contributed by atoms with van der Waals surface area (Å²) in [4.78, 5) is 8.42. The molecule has 4 heteroatoms. The van der Waals surface area contributed by atoms with Gasteiger partial charge in [-0.1, -0.05) is 18.2 Å². The minimum Gasteiger partial charge on any atom is -0.494 e. The van der Waals surface area contributed by atoms with Gasteiger partial charge in [-0.2, -0.15) is 0 Å². The second-order valence-corrected chi connectivity index (χ2v) is 5.55. The molecule has 1 heterocycles. The summed E-state index contributed by atoms with van der Waals surface area (Å²) in [7, 11) is 0. The fraction of sp³-hybridized carbons (Fsp3) is 0.368. The van der Waals surface area contributed by atoms with Gasteiger partial charge in [0.1, 0.15) is 5.75 Å². The molecule has 0 aliphatic rings. The molecular formula is C19H25N3O. The predicted molar refractivity (Wildman–Crippen MR) is 93.5 cm³/mol. The molecule has 0 bridgehead atoms. The van der Waals surface area contributed by atoms with E-state index in [1.807, 2.05) is 25.3 Å². The topological polar surface area (TPSA) is 47.0 Å². The molecule has 122 valence electrons. The lowest BCUT2D eigenvalue weighted by molar-refractivity contribution is 0.337. The summed E-state index contributed by atoms with van der Waals surface area (Å²) in [5, 5.41) is 3.53. The standard InChI is InChI=1S/C19H25N3O/c1-4-6-17-12-16(7-8-19(17)23-5-2)13-22-15(3)11-18-14-20-9-10-21-18/h4,7-10,12,14-15,22H,1,5-6,11,13H2,2-3H3/t15-/m0/s1. The Morgan fingerprint density at radius 1 is 1.35 bits per heavy atom. The molecule has 2 aromatic rings. The largest absolute Gasteiger partial charge is 0.494 e. The van der Waals surface area contributed by atoms with Crippen molar-refractivity contribution in [3.05, 3.63) is 66.3 Å². The van der Waals surface area contributed by atoms with Crippen molar-refractivity contribution in [1.29, 1.82) is 0 Å². The van der Waals surface area contributed by atoms with Crippen molar-refractivity contribution in [2.24, 2.45) is 0 Å². The van der Waals surface area contributed by atoms with E-state index in [2.05, 4.69) is 40.9 Å². The van der Waals surface area contributed by atoms with Crippen LogP contribution in [0.1, 0.15) is 30.7 Å². The van der Waals surface area contributed by atoms with Crippen LogP contribution in [0, 0.1) is 0 Å². The van der Waals surface area contributed by atoms with Gasteiger partial charge in [-0.05, 0) is 37.5 Å². The summed E-state index contributed by atoms with van der Waals surface area (Å²) in [5.74, 6) is 0.948. The monoisotopic (exact) mass is 311 g/mol. The summed E-state index contributed by atoms with van der Waals surface area (Å²) in [6.45, 7) is 9.48. The molecule has 1 N–H and O–H groups in total. The van der Waals surface area contributed by atoms with Crippen molar-refractivity contribution in [3.8, 4) is 5.75 Å². The molecule has 0 saturated carbocycles. The highest BCUT2D eigenvalue weighted by Gasteiger charge is 2.07. The van der Waals surface area contributed by atoms with Crippen LogP contribution in [0.3, 0.4) is 0 Å². The smallest absolute Gasteiger partial charge is 0.122 e. The molecule has 2 rings (SSSR count). The zero-order chi connectivity index (χ0) is 16.5. The first-order chi connectivity index (χ1) is 11.2. The van der Waals surface area contributed by atoms with Crippen LogP contribution in [0.15, 0.2) is 49.4 Å². The minimum atomic E-state index is 0.334. The molecule has 1 aromatic heterocycles. The molecule has 23 heavy (non-hydrogen) atoms. The maximum Gasteiger partial charge on any atom is 0.122 e. The highest BCUT2D eigenvalue weighted by Crippen LogP contribution is 2.21. The van der Waals surface area contributed by atoms with Gasteiger partial charge >= 0.3 is 0 Å². The Bertz CT molecular complexity index is 613. The second kappa shape index (κ2) is 9.06. The zero-order valence-electron chi connectivity index (χ0n) is 14.0. The number of aromatic nitrogens is 2. The Morgan fingerprint density at radius 3 is 2.91 bits per heavy atom. The minimum absolute atomic E-state index is 0.334. The van der Waals surface area contributed by atoms with Crippen molar-refractivity contribution < 1.29 is 4.74 Å². The van der Waals surface area contributed by atoms with Gasteiger partial charge in [-0.3, -0.25) is 9.97 Å². The van der Waals surface area contributed by atoms with Crippen LogP contribution < -0.4 is 10.1 Å². The van der Waals surface area contributed by atoms with Crippen molar-refractivity contribution >= 4 is 0 Å². The molecule has 4 nitrogen and oxygen atoms in total. The number of allylic oxidation sites excluding steroid dienone is 1. The molecule has 0 saturated heterocycles. The highest BCUT2D eigenvalue weighted by atomic mass is 16.5. The lowest BCUT2D eigenvalue weighted by atomic mass is 10.1. The van der Waals surface area contributed by atoms with Gasteiger partial charge in [0.15, 0.2) is 0 Å². The third-order valence-electron chi connectivity index (χ3n) is 3.58. The van der Waals surface area contributed by atoms with E-state index in [0.29, 0.717) is 12.6 Å². The molecule has 0 amide bonds. The predicted octanol–water partition coefficient (Wildman–Crippen LogP) is 3.32. The van der Waals surface area contributed by atoms with Gasteiger partial charge < -0.3 is 10.1 Å². The van der Waals surface area contributed by atoms with Crippen molar-refractivity contribution in [2.75, 3.05) is 6.61 Å². The van der Waals surface area contributed by atoms with Crippen LogP contribution >= 0.6 is 0 Å². The third-order valence-corrected chi connectivity index (χ3v) is 3.58. The fourth-order valence-corrected chi connectivity index (χ4v) is 2.47. The Balaban J connectivity index is 1.94. The van der Waals surface area contributed by atoms with E-state index >= 15 is 0 Å². The first-order valence-corrected chi connectivity index (χ1v) is 8.06. The van der Waals surface area contributed by atoms with Crippen LogP contribution in [0.5, 0.6) is 5.75 Å². The van der Waals surface area contributed by atoms with Gasteiger partial charge in [-0.25, -0.2) is 0 Å². The van der Waals surface area contributed by atoms with Crippen LogP contribution in [-0.2, 0) is 19.4 Å². The second-order valence-electron chi connectivity index (χ2n) is 5.55. The Hall–Kier alpha value is -2.20. The van der Waals surface area contributed by atoms with Gasteiger partial charge in [0.2, 0.25) is 0 Å². The molecule has 0 aliphatic carbocycles. The number of hydrogen-bond acceptors (Lipinski definition) is 4. The van der Waals surface area contributed by atoms with Gasteiger partial charge in [0, 0.05) is 37.6 Å². The van der Waals surface area contributed by atoms with E-state index < -0.39 is 0 Å². The fourth-order valence-electron chi connectivity index (χ4n) is 2.47. The number of nitrogens with one attached hydrogen (secondary N) is 1. The first kappa shape index (κ1) is 17.2. The number of rotatable bonds is 9. The van der Waals surface area contributed by atoms with E-state index in [4.69, 9.17) is 4.74 Å². The summed E-state index contributed by atoms with van der Waals surface area (Å²) in [6, 6.07) is 6.68. The molecule has 0 spiro atoms. The van der Waals surface area contributed by atoms with Crippen LogP contribution in [0.25, 0.3) is 0 Å². The van der Waals surface area contributed by atoms with Crippen LogP contribution in [0.4, 0.5) is 0 Å². The van der Waals surface area contributed by atoms with Crippen LogP contribution in [0.2, 0.25) is 0 Å². The Morgan fingerprint density at radius 2 is 2.22 bits per heavy atom. The number of benzene rings is 1. The number of nitrogens with zero attached hydrogens (tertiary/aromatic N) is 2.